The zero-order chi connectivity index (χ0) is 14.7. The predicted molar refractivity (Wildman–Crippen MR) is 74.5 cm³/mol. The van der Waals surface area contributed by atoms with Crippen LogP contribution >= 0.6 is 0 Å². The summed E-state index contributed by atoms with van der Waals surface area (Å²) in [4.78, 5) is 24.5. The molecule has 0 N–H and O–H groups in total. The molecule has 110 valence electrons. The molecule has 2 aromatic heterocycles. The number of rotatable bonds is 3. The molecule has 0 aliphatic carbocycles. The van der Waals surface area contributed by atoms with Gasteiger partial charge in [0.1, 0.15) is 0 Å². The number of aromatic nitrogens is 3. The summed E-state index contributed by atoms with van der Waals surface area (Å²) in [6.07, 6.45) is 3.28. The van der Waals surface area contributed by atoms with Gasteiger partial charge in [-0.2, -0.15) is 4.98 Å². The van der Waals surface area contributed by atoms with Gasteiger partial charge >= 0.3 is 0 Å². The summed E-state index contributed by atoms with van der Waals surface area (Å²) in [6.45, 7) is 5.45. The van der Waals surface area contributed by atoms with E-state index in [0.29, 0.717) is 36.9 Å². The quantitative estimate of drug-likeness (QED) is 0.828. The molecule has 1 aliphatic heterocycles. The van der Waals surface area contributed by atoms with Crippen LogP contribution in [0.25, 0.3) is 0 Å². The largest absolute Gasteiger partial charge is 0.338 e. The zero-order valence-electron chi connectivity index (χ0n) is 11.9. The minimum atomic E-state index is 0.0608. The van der Waals surface area contributed by atoms with Crippen molar-refractivity contribution < 1.29 is 9.32 Å². The van der Waals surface area contributed by atoms with E-state index in [1.54, 1.807) is 31.5 Å². The van der Waals surface area contributed by atoms with Gasteiger partial charge in [-0.25, -0.2) is 0 Å². The molecule has 0 bridgehead atoms. The first-order chi connectivity index (χ1) is 10.2. The lowest BCUT2D eigenvalue weighted by atomic mass is 10.2. The molecule has 3 heterocycles. The van der Waals surface area contributed by atoms with E-state index in [1.807, 2.05) is 4.90 Å². The van der Waals surface area contributed by atoms with Gasteiger partial charge in [-0.1, -0.05) is 5.16 Å². The lowest BCUT2D eigenvalue weighted by Crippen LogP contribution is -2.48. The second kappa shape index (κ2) is 6.01. The van der Waals surface area contributed by atoms with Gasteiger partial charge in [0.25, 0.3) is 5.91 Å². The molecule has 3 rings (SSSR count). The first kappa shape index (κ1) is 13.7. The highest BCUT2D eigenvalue weighted by Gasteiger charge is 2.23. The minimum absolute atomic E-state index is 0.0608. The van der Waals surface area contributed by atoms with Crippen molar-refractivity contribution in [1.82, 2.24) is 24.9 Å². The third kappa shape index (κ3) is 3.25. The van der Waals surface area contributed by atoms with Gasteiger partial charge < -0.3 is 9.42 Å². The highest BCUT2D eigenvalue weighted by Crippen LogP contribution is 2.10. The Kier molecular flexibility index (Phi) is 3.92. The maximum Gasteiger partial charge on any atom is 0.254 e. The van der Waals surface area contributed by atoms with Crippen molar-refractivity contribution in [3.05, 3.63) is 41.8 Å². The molecule has 0 unspecified atom stereocenters. The number of carbonyl (C=O) groups is 1. The van der Waals surface area contributed by atoms with E-state index in [1.165, 1.54) is 0 Å². The fraction of sp³-hybridized carbons (Fsp3) is 0.429. The molecule has 1 saturated heterocycles. The molecule has 1 amide bonds. The zero-order valence-corrected chi connectivity index (χ0v) is 11.9. The first-order valence-electron chi connectivity index (χ1n) is 6.93. The van der Waals surface area contributed by atoms with Crippen molar-refractivity contribution in [3.8, 4) is 0 Å². The Labute approximate surface area is 122 Å². The topological polar surface area (TPSA) is 75.4 Å². The Morgan fingerprint density at radius 2 is 1.95 bits per heavy atom. The molecule has 1 aliphatic rings. The van der Waals surface area contributed by atoms with Crippen LogP contribution in [0.5, 0.6) is 0 Å². The number of hydrogen-bond donors (Lipinski definition) is 0. The van der Waals surface area contributed by atoms with Crippen LogP contribution in [-0.2, 0) is 6.54 Å². The van der Waals surface area contributed by atoms with Gasteiger partial charge in [-0.05, 0) is 19.1 Å². The molecule has 0 atom stereocenters. The molecular formula is C14H17N5O2. The Morgan fingerprint density at radius 1 is 1.24 bits per heavy atom. The lowest BCUT2D eigenvalue weighted by molar-refractivity contribution is 0.0615. The van der Waals surface area contributed by atoms with E-state index >= 15 is 0 Å². The van der Waals surface area contributed by atoms with E-state index in [9.17, 15) is 4.79 Å². The smallest absolute Gasteiger partial charge is 0.254 e. The monoisotopic (exact) mass is 287 g/mol. The summed E-state index contributed by atoms with van der Waals surface area (Å²) in [5.74, 6) is 1.34. The average molecular weight is 287 g/mol. The second-order valence-corrected chi connectivity index (χ2v) is 5.04. The second-order valence-electron chi connectivity index (χ2n) is 5.04. The fourth-order valence-electron chi connectivity index (χ4n) is 2.38. The first-order valence-corrected chi connectivity index (χ1v) is 6.93. The highest BCUT2D eigenvalue weighted by molar-refractivity contribution is 5.94. The Bertz CT molecular complexity index is 605. The molecule has 0 aromatic carbocycles. The standard InChI is InChI=1S/C14H17N5O2/c1-11-16-13(21-17-11)10-18-6-8-19(9-7-18)14(20)12-2-4-15-5-3-12/h2-5H,6-10H2,1H3. The van der Waals surface area contributed by atoms with Crippen LogP contribution in [0.4, 0.5) is 0 Å². The molecule has 0 radical (unpaired) electrons. The van der Waals surface area contributed by atoms with Crippen LogP contribution in [0.2, 0.25) is 0 Å². The third-order valence-electron chi connectivity index (χ3n) is 3.52. The van der Waals surface area contributed by atoms with Gasteiger partial charge in [0, 0.05) is 44.1 Å². The summed E-state index contributed by atoms with van der Waals surface area (Å²) in [5.41, 5.74) is 0.686. The van der Waals surface area contributed by atoms with Gasteiger partial charge in [0.05, 0.1) is 6.54 Å². The SMILES string of the molecule is Cc1noc(CN2CCN(C(=O)c3ccncc3)CC2)n1. The summed E-state index contributed by atoms with van der Waals surface area (Å²) < 4.78 is 5.12. The maximum atomic E-state index is 12.3. The number of nitrogens with zero attached hydrogens (tertiary/aromatic N) is 5. The molecule has 7 nitrogen and oxygen atoms in total. The van der Waals surface area contributed by atoms with Crippen LogP contribution in [0.15, 0.2) is 29.0 Å². The van der Waals surface area contributed by atoms with Crippen molar-refractivity contribution >= 4 is 5.91 Å². The molecular weight excluding hydrogens is 270 g/mol. The molecule has 2 aromatic rings. The van der Waals surface area contributed by atoms with Crippen LogP contribution in [0, 0.1) is 6.92 Å². The Hall–Kier alpha value is -2.28. The number of amides is 1. The van der Waals surface area contributed by atoms with Crippen molar-refractivity contribution in [2.45, 2.75) is 13.5 Å². The van der Waals surface area contributed by atoms with E-state index in [4.69, 9.17) is 4.52 Å². The van der Waals surface area contributed by atoms with Crippen LogP contribution in [-0.4, -0.2) is 57.0 Å². The Balaban J connectivity index is 1.54. The predicted octanol–water partition coefficient (Wildman–Crippen LogP) is 0.731. The van der Waals surface area contributed by atoms with Gasteiger partial charge in [0.2, 0.25) is 5.89 Å². The number of pyridine rings is 1. The molecule has 0 spiro atoms. The van der Waals surface area contributed by atoms with Crippen LogP contribution in [0.3, 0.4) is 0 Å². The van der Waals surface area contributed by atoms with Crippen molar-refractivity contribution in [1.29, 1.82) is 0 Å². The van der Waals surface area contributed by atoms with E-state index in [2.05, 4.69) is 20.0 Å². The summed E-state index contributed by atoms with van der Waals surface area (Å²) in [5, 5.41) is 3.78. The molecule has 0 saturated carbocycles. The Morgan fingerprint density at radius 3 is 2.57 bits per heavy atom. The molecule has 1 fully saturated rings. The summed E-state index contributed by atoms with van der Waals surface area (Å²) in [7, 11) is 0. The number of piperazine rings is 1. The highest BCUT2D eigenvalue weighted by atomic mass is 16.5. The van der Waals surface area contributed by atoms with Crippen molar-refractivity contribution in [3.63, 3.8) is 0 Å². The molecule has 21 heavy (non-hydrogen) atoms. The van der Waals surface area contributed by atoms with E-state index in [0.717, 1.165) is 13.1 Å². The van der Waals surface area contributed by atoms with E-state index in [-0.39, 0.29) is 5.91 Å². The summed E-state index contributed by atoms with van der Waals surface area (Å²) in [6, 6.07) is 3.49. The van der Waals surface area contributed by atoms with Gasteiger partial charge in [0.15, 0.2) is 5.82 Å². The summed E-state index contributed by atoms with van der Waals surface area (Å²) >= 11 is 0. The van der Waals surface area contributed by atoms with Crippen LogP contribution < -0.4 is 0 Å². The van der Waals surface area contributed by atoms with Crippen molar-refractivity contribution in [2.24, 2.45) is 0 Å². The van der Waals surface area contributed by atoms with Crippen molar-refractivity contribution in [2.75, 3.05) is 26.2 Å². The maximum absolute atomic E-state index is 12.3. The minimum Gasteiger partial charge on any atom is -0.338 e. The van der Waals surface area contributed by atoms with E-state index < -0.39 is 0 Å². The van der Waals surface area contributed by atoms with Gasteiger partial charge in [-0.15, -0.1) is 0 Å². The third-order valence-corrected chi connectivity index (χ3v) is 3.52. The molecule has 7 heteroatoms. The number of carbonyl (C=O) groups excluding carboxylic acids is 1. The van der Waals surface area contributed by atoms with Gasteiger partial charge in [-0.3, -0.25) is 14.7 Å². The number of aryl methyl sites for hydroxylation is 1. The number of hydrogen-bond acceptors (Lipinski definition) is 6. The average Bonchev–Trinajstić information content (AvgIpc) is 2.93. The fourth-order valence-corrected chi connectivity index (χ4v) is 2.38. The van der Waals surface area contributed by atoms with Crippen LogP contribution in [0.1, 0.15) is 22.1 Å². The lowest BCUT2D eigenvalue weighted by Gasteiger charge is -2.33. The normalized spacial score (nSPS) is 16.1.